The van der Waals surface area contributed by atoms with Crippen molar-refractivity contribution in [1.82, 2.24) is 10.6 Å². The number of Topliss-reactive ketones (excluding diaryl/α,β-unsaturated/α-hetero) is 2. The van der Waals surface area contributed by atoms with Crippen molar-refractivity contribution >= 4 is 11.6 Å². The highest BCUT2D eigenvalue weighted by Gasteiger charge is 2.27. The number of carbonyl (C=O) groups excluding carboxylic acids is 2. The lowest BCUT2D eigenvalue weighted by atomic mass is 9.85. The van der Waals surface area contributed by atoms with Crippen molar-refractivity contribution in [2.75, 3.05) is 27.3 Å². The van der Waals surface area contributed by atoms with Gasteiger partial charge in [-0.25, -0.2) is 0 Å². The third-order valence-electron chi connectivity index (χ3n) is 6.11. The maximum Gasteiger partial charge on any atom is 0.167 e. The largest absolute Gasteiger partial charge is 0.497 e. The van der Waals surface area contributed by atoms with Gasteiger partial charge in [-0.1, -0.05) is 0 Å². The van der Waals surface area contributed by atoms with Gasteiger partial charge in [0.15, 0.2) is 11.6 Å². The van der Waals surface area contributed by atoms with E-state index in [4.69, 9.17) is 9.47 Å². The molecule has 2 atom stereocenters. The maximum absolute atomic E-state index is 13.5. The summed E-state index contributed by atoms with van der Waals surface area (Å²) in [6.45, 7) is 13.6. The number of carbonyl (C=O) groups is 2. The van der Waals surface area contributed by atoms with Gasteiger partial charge in [-0.3, -0.25) is 9.59 Å². The molecule has 0 heterocycles. The molecule has 0 aliphatic rings. The fraction of sp³-hybridized carbons (Fsp3) is 0.533. The van der Waals surface area contributed by atoms with Gasteiger partial charge in [-0.2, -0.15) is 0 Å². The summed E-state index contributed by atoms with van der Waals surface area (Å²) >= 11 is 0. The van der Waals surface area contributed by atoms with Crippen LogP contribution in [-0.4, -0.2) is 50.0 Å². The van der Waals surface area contributed by atoms with Crippen molar-refractivity contribution in [3.63, 3.8) is 0 Å². The quantitative estimate of drug-likeness (QED) is 0.354. The molecule has 2 aromatic carbocycles. The van der Waals surface area contributed by atoms with E-state index >= 15 is 0 Å². The number of ketones is 2. The highest BCUT2D eigenvalue weighted by molar-refractivity contribution is 5.99. The van der Waals surface area contributed by atoms with E-state index in [1.807, 2.05) is 48.5 Å². The Bertz CT molecular complexity index is 888. The summed E-state index contributed by atoms with van der Waals surface area (Å²) in [4.78, 5) is 27.0. The van der Waals surface area contributed by atoms with E-state index in [2.05, 4.69) is 52.2 Å². The molecule has 0 aromatic heterocycles. The summed E-state index contributed by atoms with van der Waals surface area (Å²) < 4.78 is 10.5. The summed E-state index contributed by atoms with van der Waals surface area (Å²) in [5.41, 5.74) is 1.07. The summed E-state index contributed by atoms with van der Waals surface area (Å²) in [5.74, 6) is 1.09. The predicted molar refractivity (Wildman–Crippen MR) is 146 cm³/mol. The first-order valence-electron chi connectivity index (χ1n) is 12.7. The topological polar surface area (TPSA) is 76.7 Å². The zero-order valence-corrected chi connectivity index (χ0v) is 23.2. The average molecular weight is 497 g/mol. The van der Waals surface area contributed by atoms with Crippen LogP contribution in [0.1, 0.15) is 75.1 Å². The first kappa shape index (κ1) is 29.5. The number of benzene rings is 2. The van der Waals surface area contributed by atoms with Crippen LogP contribution in [0.15, 0.2) is 48.5 Å². The summed E-state index contributed by atoms with van der Waals surface area (Å²) in [7, 11) is 3.22. The molecule has 0 radical (unpaired) electrons. The van der Waals surface area contributed by atoms with Crippen LogP contribution in [-0.2, 0) is 0 Å². The standard InChI is InChI=1S/C30H44N2O4/c1-29(2,3)31-19-23(27(33)21-11-15-25(35-7)16-12-21)9-10-24(20-32-30(4,5)6)28(34)22-13-17-26(36-8)18-14-22/h11-18,23-24,31-32H,9-10,19-20H2,1-8H3/t23-,24-/m1/s1. The van der Waals surface area contributed by atoms with Gasteiger partial charge in [-0.05, 0) is 103 Å². The van der Waals surface area contributed by atoms with Crippen molar-refractivity contribution < 1.29 is 19.1 Å². The average Bonchev–Trinajstić information content (AvgIpc) is 2.83. The van der Waals surface area contributed by atoms with E-state index in [0.717, 1.165) is 0 Å². The molecule has 0 fully saturated rings. The van der Waals surface area contributed by atoms with Gasteiger partial charge in [-0.15, -0.1) is 0 Å². The first-order valence-corrected chi connectivity index (χ1v) is 12.7. The molecular formula is C30H44N2O4. The number of methoxy groups -OCH3 is 2. The van der Waals surface area contributed by atoms with Crippen LogP contribution in [0, 0.1) is 11.8 Å². The van der Waals surface area contributed by atoms with E-state index in [1.165, 1.54) is 0 Å². The molecule has 36 heavy (non-hydrogen) atoms. The third kappa shape index (κ3) is 9.75. The molecule has 6 heteroatoms. The Morgan fingerprint density at radius 1 is 0.639 bits per heavy atom. The number of hydrogen-bond donors (Lipinski definition) is 2. The van der Waals surface area contributed by atoms with Gasteiger partial charge in [0.1, 0.15) is 11.5 Å². The van der Waals surface area contributed by atoms with Gasteiger partial charge in [0, 0.05) is 47.1 Å². The summed E-state index contributed by atoms with van der Waals surface area (Å²) in [6, 6.07) is 14.5. The lowest BCUT2D eigenvalue weighted by Gasteiger charge is -2.28. The fourth-order valence-corrected chi connectivity index (χ4v) is 3.89. The molecular weight excluding hydrogens is 452 g/mol. The second kappa shape index (κ2) is 13.0. The fourth-order valence-electron chi connectivity index (χ4n) is 3.89. The van der Waals surface area contributed by atoms with Crippen LogP contribution in [0.2, 0.25) is 0 Å². The minimum absolute atomic E-state index is 0.0776. The van der Waals surface area contributed by atoms with Crippen LogP contribution < -0.4 is 20.1 Å². The summed E-state index contributed by atoms with van der Waals surface area (Å²) in [6.07, 6.45) is 1.21. The van der Waals surface area contributed by atoms with Crippen LogP contribution in [0.5, 0.6) is 11.5 Å². The molecule has 2 N–H and O–H groups in total. The van der Waals surface area contributed by atoms with E-state index in [9.17, 15) is 9.59 Å². The highest BCUT2D eigenvalue weighted by Crippen LogP contribution is 2.24. The number of ether oxygens (including phenoxy) is 2. The third-order valence-corrected chi connectivity index (χ3v) is 6.11. The first-order chi connectivity index (χ1) is 16.8. The van der Waals surface area contributed by atoms with Crippen LogP contribution in [0.25, 0.3) is 0 Å². The highest BCUT2D eigenvalue weighted by atomic mass is 16.5. The Morgan fingerprint density at radius 2 is 0.944 bits per heavy atom. The SMILES string of the molecule is COc1ccc(C(=O)[C@H](CC[C@H](CNC(C)(C)C)C(=O)c2ccc(OC)cc2)CNC(C)(C)C)cc1. The van der Waals surface area contributed by atoms with E-state index < -0.39 is 0 Å². The van der Waals surface area contributed by atoms with Crippen LogP contribution in [0.4, 0.5) is 0 Å². The van der Waals surface area contributed by atoms with E-state index in [0.29, 0.717) is 48.6 Å². The lowest BCUT2D eigenvalue weighted by molar-refractivity contribution is 0.0858. The molecule has 0 bridgehead atoms. The second-order valence-electron chi connectivity index (χ2n) is 11.4. The van der Waals surface area contributed by atoms with Crippen molar-refractivity contribution in [2.24, 2.45) is 11.8 Å². The van der Waals surface area contributed by atoms with E-state index in [1.54, 1.807) is 14.2 Å². The summed E-state index contributed by atoms with van der Waals surface area (Å²) in [5, 5.41) is 6.98. The second-order valence-corrected chi connectivity index (χ2v) is 11.4. The smallest absolute Gasteiger partial charge is 0.167 e. The van der Waals surface area contributed by atoms with Gasteiger partial charge in [0.2, 0.25) is 0 Å². The number of nitrogens with one attached hydrogen (secondary N) is 2. The predicted octanol–water partition coefficient (Wildman–Crippen LogP) is 5.56. The molecule has 198 valence electrons. The molecule has 0 unspecified atom stereocenters. The number of hydrogen-bond acceptors (Lipinski definition) is 6. The van der Waals surface area contributed by atoms with Gasteiger partial charge >= 0.3 is 0 Å². The molecule has 0 saturated heterocycles. The molecule has 0 saturated carbocycles. The minimum atomic E-state index is -0.251. The maximum atomic E-state index is 13.5. The zero-order valence-electron chi connectivity index (χ0n) is 23.2. The van der Waals surface area contributed by atoms with Crippen molar-refractivity contribution in [3.8, 4) is 11.5 Å². The Morgan fingerprint density at radius 3 is 1.19 bits per heavy atom. The Hall–Kier alpha value is -2.70. The van der Waals surface area contributed by atoms with Gasteiger partial charge in [0.25, 0.3) is 0 Å². The van der Waals surface area contributed by atoms with Crippen molar-refractivity contribution in [2.45, 2.75) is 65.5 Å². The Balaban J connectivity index is 2.24. The van der Waals surface area contributed by atoms with Crippen molar-refractivity contribution in [1.29, 1.82) is 0 Å². The van der Waals surface area contributed by atoms with Crippen LogP contribution >= 0.6 is 0 Å². The molecule has 6 nitrogen and oxygen atoms in total. The normalized spacial score (nSPS) is 13.7. The number of rotatable bonds is 13. The molecule has 2 rings (SSSR count). The zero-order chi connectivity index (χ0) is 26.9. The molecule has 0 aliphatic heterocycles. The van der Waals surface area contributed by atoms with Gasteiger partial charge < -0.3 is 20.1 Å². The molecule has 0 spiro atoms. The minimum Gasteiger partial charge on any atom is -0.497 e. The lowest BCUT2D eigenvalue weighted by Crippen LogP contribution is -2.42. The monoisotopic (exact) mass is 496 g/mol. The Kier molecular flexibility index (Phi) is 10.7. The van der Waals surface area contributed by atoms with E-state index in [-0.39, 0.29) is 34.5 Å². The molecule has 2 aromatic rings. The molecule has 0 aliphatic carbocycles. The molecule has 0 amide bonds. The van der Waals surface area contributed by atoms with Gasteiger partial charge in [0.05, 0.1) is 14.2 Å². The Labute approximate surface area is 217 Å². The van der Waals surface area contributed by atoms with Crippen molar-refractivity contribution in [3.05, 3.63) is 59.7 Å². The van der Waals surface area contributed by atoms with Crippen LogP contribution in [0.3, 0.4) is 0 Å².